The van der Waals surface area contributed by atoms with Crippen LogP contribution in [0.5, 0.6) is 0 Å². The van der Waals surface area contributed by atoms with Gasteiger partial charge in [-0.1, -0.05) is 34.8 Å². The van der Waals surface area contributed by atoms with E-state index < -0.39 is 10.0 Å². The highest BCUT2D eigenvalue weighted by Gasteiger charge is 2.18. The summed E-state index contributed by atoms with van der Waals surface area (Å²) in [5.41, 5.74) is 0.286. The van der Waals surface area contributed by atoms with E-state index in [1.54, 1.807) is 0 Å². The monoisotopic (exact) mass is 336 g/mol. The number of sulfonamides is 1. The van der Waals surface area contributed by atoms with Gasteiger partial charge in [0, 0.05) is 12.4 Å². The number of nitrogens with zero attached hydrogens (tertiary/aromatic N) is 1. The third-order valence-corrected chi connectivity index (χ3v) is 4.78. The van der Waals surface area contributed by atoms with Gasteiger partial charge in [-0.3, -0.25) is 9.71 Å². The quantitative estimate of drug-likeness (QED) is 0.925. The highest BCUT2D eigenvalue weighted by atomic mass is 35.5. The summed E-state index contributed by atoms with van der Waals surface area (Å²) in [5.74, 6) is 0. The summed E-state index contributed by atoms with van der Waals surface area (Å²) < 4.78 is 26.6. The number of hydrogen-bond donors (Lipinski definition) is 1. The molecular weight excluding hydrogens is 331 g/mol. The zero-order valence-corrected chi connectivity index (χ0v) is 12.4. The second-order valence-corrected chi connectivity index (χ2v) is 6.41. The van der Waals surface area contributed by atoms with Crippen molar-refractivity contribution >= 4 is 50.5 Å². The number of rotatable bonds is 3. The van der Waals surface area contributed by atoms with Gasteiger partial charge in [0.2, 0.25) is 0 Å². The lowest BCUT2D eigenvalue weighted by molar-refractivity contribution is 0.601. The lowest BCUT2D eigenvalue weighted by atomic mass is 10.3. The molecular formula is C11H7Cl3N2O2S. The Bertz CT molecular complexity index is 720. The van der Waals surface area contributed by atoms with Gasteiger partial charge in [-0.25, -0.2) is 8.42 Å². The van der Waals surface area contributed by atoms with Crippen LogP contribution in [0.2, 0.25) is 15.1 Å². The summed E-state index contributed by atoms with van der Waals surface area (Å²) in [4.78, 5) is 3.63. The Balaban J connectivity index is 2.37. The third-order valence-electron chi connectivity index (χ3n) is 2.20. The first-order chi connectivity index (χ1) is 8.90. The summed E-state index contributed by atoms with van der Waals surface area (Å²) in [6, 6.07) is 5.79. The van der Waals surface area contributed by atoms with E-state index in [0.717, 1.165) is 0 Å². The average Bonchev–Trinajstić information content (AvgIpc) is 2.34. The van der Waals surface area contributed by atoms with Crippen LogP contribution in [0, 0.1) is 0 Å². The van der Waals surface area contributed by atoms with Crippen LogP contribution in [0.1, 0.15) is 0 Å². The molecule has 0 aliphatic heterocycles. The molecule has 1 aromatic heterocycles. The Kier molecular flexibility index (Phi) is 4.20. The lowest BCUT2D eigenvalue weighted by Crippen LogP contribution is -2.13. The molecule has 0 unspecified atom stereocenters. The first-order valence-electron chi connectivity index (χ1n) is 4.97. The molecule has 2 aromatic rings. The maximum Gasteiger partial charge on any atom is 0.264 e. The molecule has 2 rings (SSSR count). The second-order valence-electron chi connectivity index (χ2n) is 3.54. The molecule has 0 saturated heterocycles. The van der Waals surface area contributed by atoms with Crippen LogP contribution in [0.4, 0.5) is 5.69 Å². The van der Waals surface area contributed by atoms with Crippen molar-refractivity contribution in [3.05, 3.63) is 51.7 Å². The predicted octanol–water partition coefficient (Wildman–Crippen LogP) is 3.84. The molecule has 1 N–H and O–H groups in total. The van der Waals surface area contributed by atoms with E-state index in [9.17, 15) is 8.42 Å². The average molecular weight is 338 g/mol. The minimum Gasteiger partial charge on any atom is -0.279 e. The van der Waals surface area contributed by atoms with Crippen molar-refractivity contribution in [2.45, 2.75) is 4.90 Å². The molecule has 0 aliphatic rings. The number of hydrogen-bond acceptors (Lipinski definition) is 3. The van der Waals surface area contributed by atoms with E-state index in [1.807, 2.05) is 0 Å². The van der Waals surface area contributed by atoms with Gasteiger partial charge < -0.3 is 0 Å². The molecule has 0 radical (unpaired) electrons. The van der Waals surface area contributed by atoms with Crippen molar-refractivity contribution in [2.24, 2.45) is 0 Å². The largest absolute Gasteiger partial charge is 0.279 e. The molecule has 0 bridgehead atoms. The van der Waals surface area contributed by atoms with Crippen molar-refractivity contribution in [3.8, 4) is 0 Å². The second kappa shape index (κ2) is 5.54. The van der Waals surface area contributed by atoms with Crippen LogP contribution in [-0.2, 0) is 10.0 Å². The van der Waals surface area contributed by atoms with E-state index in [0.29, 0.717) is 5.02 Å². The Hall–Kier alpha value is -1.01. The molecule has 1 aromatic carbocycles. The molecule has 0 spiro atoms. The molecule has 0 fully saturated rings. The summed E-state index contributed by atoms with van der Waals surface area (Å²) >= 11 is 17.4. The van der Waals surface area contributed by atoms with Crippen molar-refractivity contribution in [1.82, 2.24) is 4.98 Å². The number of halogens is 3. The highest BCUT2D eigenvalue weighted by molar-refractivity contribution is 7.92. The van der Waals surface area contributed by atoms with E-state index in [4.69, 9.17) is 34.8 Å². The van der Waals surface area contributed by atoms with E-state index in [1.165, 1.54) is 36.7 Å². The molecule has 8 heteroatoms. The van der Waals surface area contributed by atoms with Gasteiger partial charge >= 0.3 is 0 Å². The number of nitrogens with one attached hydrogen (secondary N) is 1. The Labute approximate surface area is 125 Å². The zero-order valence-electron chi connectivity index (χ0n) is 9.27. The molecule has 0 saturated carbocycles. The molecule has 1 heterocycles. The first kappa shape index (κ1) is 14.4. The Morgan fingerprint density at radius 2 is 1.74 bits per heavy atom. The van der Waals surface area contributed by atoms with E-state index in [-0.39, 0.29) is 20.6 Å². The normalized spacial score (nSPS) is 11.3. The van der Waals surface area contributed by atoms with Crippen LogP contribution in [0.3, 0.4) is 0 Å². The fraction of sp³-hybridized carbons (Fsp3) is 0. The maximum absolute atomic E-state index is 12.1. The third kappa shape index (κ3) is 3.30. The fourth-order valence-corrected chi connectivity index (χ4v) is 3.11. The minimum absolute atomic E-state index is 0.0857. The summed E-state index contributed by atoms with van der Waals surface area (Å²) in [6.45, 7) is 0. The van der Waals surface area contributed by atoms with E-state index >= 15 is 0 Å². The van der Waals surface area contributed by atoms with Gasteiger partial charge in [-0.05, 0) is 24.3 Å². The summed E-state index contributed by atoms with van der Waals surface area (Å²) in [7, 11) is -3.82. The van der Waals surface area contributed by atoms with Gasteiger partial charge in [0.1, 0.15) is 4.90 Å². The number of pyridine rings is 1. The topological polar surface area (TPSA) is 59.1 Å². The van der Waals surface area contributed by atoms with Crippen molar-refractivity contribution in [1.29, 1.82) is 0 Å². The zero-order chi connectivity index (χ0) is 14.0. The molecule has 100 valence electrons. The van der Waals surface area contributed by atoms with Gasteiger partial charge in [0.25, 0.3) is 10.0 Å². The molecule has 0 aliphatic carbocycles. The minimum atomic E-state index is -3.82. The fourth-order valence-electron chi connectivity index (χ4n) is 1.33. The number of anilines is 1. The molecule has 19 heavy (non-hydrogen) atoms. The van der Waals surface area contributed by atoms with Gasteiger partial charge in [0.05, 0.1) is 20.8 Å². The summed E-state index contributed by atoms with van der Waals surface area (Å²) in [6.07, 6.45) is 2.57. The van der Waals surface area contributed by atoms with Crippen LogP contribution >= 0.6 is 34.8 Å². The molecule has 4 nitrogen and oxygen atoms in total. The summed E-state index contributed by atoms with van der Waals surface area (Å²) in [5, 5.41) is 0.672. The lowest BCUT2D eigenvalue weighted by Gasteiger charge is -2.09. The van der Waals surface area contributed by atoms with Crippen LogP contribution in [0.25, 0.3) is 0 Å². The van der Waals surface area contributed by atoms with Crippen LogP contribution < -0.4 is 4.72 Å². The smallest absolute Gasteiger partial charge is 0.264 e. The standard InChI is InChI=1S/C11H7Cl3N2O2S/c12-8-2-1-7(5-10(8)14)16-19(17,18)11-6-15-4-3-9(11)13/h1-6,16H. The first-order valence-corrected chi connectivity index (χ1v) is 7.59. The number of aromatic nitrogens is 1. The van der Waals surface area contributed by atoms with Crippen molar-refractivity contribution in [3.63, 3.8) is 0 Å². The predicted molar refractivity (Wildman–Crippen MR) is 76.5 cm³/mol. The molecule has 0 atom stereocenters. The molecule has 0 amide bonds. The van der Waals surface area contributed by atoms with Crippen molar-refractivity contribution in [2.75, 3.05) is 4.72 Å². The Morgan fingerprint density at radius 3 is 2.37 bits per heavy atom. The SMILES string of the molecule is O=S(=O)(Nc1ccc(Cl)c(Cl)c1)c1cnccc1Cl. The van der Waals surface area contributed by atoms with Gasteiger partial charge in [-0.15, -0.1) is 0 Å². The van der Waals surface area contributed by atoms with Crippen LogP contribution in [-0.4, -0.2) is 13.4 Å². The highest BCUT2D eigenvalue weighted by Crippen LogP contribution is 2.27. The Morgan fingerprint density at radius 1 is 1.00 bits per heavy atom. The van der Waals surface area contributed by atoms with Crippen molar-refractivity contribution < 1.29 is 8.42 Å². The van der Waals surface area contributed by atoms with Crippen LogP contribution in [0.15, 0.2) is 41.6 Å². The maximum atomic E-state index is 12.1. The van der Waals surface area contributed by atoms with Gasteiger partial charge in [-0.2, -0.15) is 0 Å². The van der Waals surface area contributed by atoms with Gasteiger partial charge in [0.15, 0.2) is 0 Å². The number of benzene rings is 1. The van der Waals surface area contributed by atoms with E-state index in [2.05, 4.69) is 9.71 Å².